The largest absolute Gasteiger partial charge is 0.399 e. The summed E-state index contributed by atoms with van der Waals surface area (Å²) in [6.45, 7) is 2.95. The Labute approximate surface area is 180 Å². The van der Waals surface area contributed by atoms with Crippen molar-refractivity contribution in [1.82, 2.24) is 5.32 Å². The van der Waals surface area contributed by atoms with Crippen LogP contribution in [0.2, 0.25) is 0 Å². The van der Waals surface area contributed by atoms with Crippen LogP contribution in [0.3, 0.4) is 0 Å². The maximum Gasteiger partial charge on any atom is 0.0797 e. The lowest BCUT2D eigenvalue weighted by molar-refractivity contribution is 0.583. The van der Waals surface area contributed by atoms with E-state index in [9.17, 15) is 0 Å². The molecular formula is C26H32N4. The molecule has 0 heterocycles. The van der Waals surface area contributed by atoms with Gasteiger partial charge in [-0.3, -0.25) is 4.99 Å². The van der Waals surface area contributed by atoms with Gasteiger partial charge in [-0.1, -0.05) is 54.6 Å². The first-order valence-electron chi connectivity index (χ1n) is 10.5. The van der Waals surface area contributed by atoms with Gasteiger partial charge >= 0.3 is 0 Å². The maximum absolute atomic E-state index is 5.96. The van der Waals surface area contributed by atoms with E-state index in [2.05, 4.69) is 65.8 Å². The quantitative estimate of drug-likeness (QED) is 0.211. The molecule has 156 valence electrons. The van der Waals surface area contributed by atoms with Crippen molar-refractivity contribution in [2.75, 3.05) is 19.3 Å². The Morgan fingerprint density at radius 2 is 1.77 bits per heavy atom. The molecule has 0 saturated carbocycles. The molecule has 4 heteroatoms. The molecule has 4 nitrogen and oxygen atoms in total. The number of nitrogens with one attached hydrogen (secondary N) is 1. The number of likely N-dealkylation sites (N-methyl/N-ethyl adjacent to an activating group) is 1. The van der Waals surface area contributed by atoms with Crippen molar-refractivity contribution in [2.24, 2.45) is 10.7 Å². The number of aryl methyl sites for hydroxylation is 2. The van der Waals surface area contributed by atoms with E-state index in [1.807, 2.05) is 25.2 Å². The SMILES string of the molecule is CNC(Cc1ccc(-c2cccc(N)c2)cc1C)c1ccccc1CCCN=CN. The number of nitrogens with zero attached hydrogens (tertiary/aromatic N) is 1. The van der Waals surface area contributed by atoms with E-state index >= 15 is 0 Å². The number of nitrogens with two attached hydrogens (primary N) is 2. The third-order valence-electron chi connectivity index (χ3n) is 5.60. The average molecular weight is 401 g/mol. The summed E-state index contributed by atoms with van der Waals surface area (Å²) in [6.07, 6.45) is 4.32. The standard InChI is InChI=1S/C26H32N4/c1-19-15-23(22-8-5-10-24(28)16-22)13-12-21(19)17-26(29-2)25-11-4-3-7-20(25)9-6-14-30-18-27/h3-5,7-8,10-13,15-16,18,26,29H,6,9,14,17,28H2,1-2H3,(H2,27,30). The highest BCUT2D eigenvalue weighted by molar-refractivity contribution is 5.68. The molecule has 1 atom stereocenters. The number of benzene rings is 3. The second-order valence-electron chi connectivity index (χ2n) is 7.67. The Kier molecular flexibility index (Phi) is 7.63. The Hall–Kier alpha value is -3.11. The molecule has 0 bridgehead atoms. The monoisotopic (exact) mass is 400 g/mol. The number of nitrogen functional groups attached to an aromatic ring is 1. The van der Waals surface area contributed by atoms with Gasteiger partial charge in [0.1, 0.15) is 0 Å². The molecule has 5 N–H and O–H groups in total. The average Bonchev–Trinajstić information content (AvgIpc) is 2.76. The van der Waals surface area contributed by atoms with Crippen molar-refractivity contribution in [3.05, 3.63) is 89.0 Å². The molecule has 0 aromatic heterocycles. The van der Waals surface area contributed by atoms with Crippen LogP contribution >= 0.6 is 0 Å². The van der Waals surface area contributed by atoms with E-state index in [0.29, 0.717) is 0 Å². The Morgan fingerprint density at radius 3 is 2.50 bits per heavy atom. The van der Waals surface area contributed by atoms with Gasteiger partial charge < -0.3 is 16.8 Å². The van der Waals surface area contributed by atoms with E-state index in [4.69, 9.17) is 11.5 Å². The van der Waals surface area contributed by atoms with Crippen LogP contribution in [0.5, 0.6) is 0 Å². The normalized spacial score (nSPS) is 12.3. The summed E-state index contributed by atoms with van der Waals surface area (Å²) in [5.41, 5.74) is 19.8. The number of aliphatic imine (C=N–C) groups is 1. The molecule has 0 aliphatic carbocycles. The van der Waals surface area contributed by atoms with E-state index in [1.165, 1.54) is 34.2 Å². The fourth-order valence-corrected chi connectivity index (χ4v) is 3.95. The molecule has 3 aromatic carbocycles. The second kappa shape index (κ2) is 10.6. The zero-order valence-electron chi connectivity index (χ0n) is 17.9. The van der Waals surface area contributed by atoms with Crippen molar-refractivity contribution in [3.63, 3.8) is 0 Å². The molecule has 3 rings (SSSR count). The Morgan fingerprint density at radius 1 is 0.967 bits per heavy atom. The predicted octanol–water partition coefficient (Wildman–Crippen LogP) is 4.67. The third kappa shape index (κ3) is 5.49. The zero-order valence-corrected chi connectivity index (χ0v) is 17.9. The molecule has 0 aliphatic heterocycles. The highest BCUT2D eigenvalue weighted by atomic mass is 14.9. The Balaban J connectivity index is 1.79. The van der Waals surface area contributed by atoms with Crippen molar-refractivity contribution in [1.29, 1.82) is 0 Å². The topological polar surface area (TPSA) is 76.4 Å². The lowest BCUT2D eigenvalue weighted by atomic mass is 9.90. The van der Waals surface area contributed by atoms with Gasteiger partial charge in [-0.05, 0) is 78.7 Å². The summed E-state index contributed by atoms with van der Waals surface area (Å²) in [4.78, 5) is 4.13. The van der Waals surface area contributed by atoms with Gasteiger partial charge in [0.2, 0.25) is 0 Å². The van der Waals surface area contributed by atoms with Crippen LogP contribution in [0.4, 0.5) is 5.69 Å². The minimum absolute atomic E-state index is 0.260. The van der Waals surface area contributed by atoms with Gasteiger partial charge in [0, 0.05) is 18.3 Å². The molecule has 30 heavy (non-hydrogen) atoms. The van der Waals surface area contributed by atoms with Crippen LogP contribution in [0.15, 0.2) is 71.7 Å². The first-order chi connectivity index (χ1) is 14.6. The summed E-state index contributed by atoms with van der Waals surface area (Å²) in [5.74, 6) is 0. The van der Waals surface area contributed by atoms with Gasteiger partial charge in [-0.15, -0.1) is 0 Å². The summed E-state index contributed by atoms with van der Waals surface area (Å²) in [7, 11) is 2.04. The second-order valence-corrected chi connectivity index (χ2v) is 7.67. The molecule has 0 radical (unpaired) electrons. The minimum atomic E-state index is 0.260. The molecule has 0 aliphatic rings. The minimum Gasteiger partial charge on any atom is -0.399 e. The van der Waals surface area contributed by atoms with Gasteiger partial charge in [-0.25, -0.2) is 0 Å². The third-order valence-corrected chi connectivity index (χ3v) is 5.60. The van der Waals surface area contributed by atoms with Crippen LogP contribution in [-0.4, -0.2) is 19.9 Å². The first-order valence-corrected chi connectivity index (χ1v) is 10.5. The van der Waals surface area contributed by atoms with E-state index in [-0.39, 0.29) is 6.04 Å². The molecule has 0 amide bonds. The Bertz CT molecular complexity index is 994. The van der Waals surface area contributed by atoms with Gasteiger partial charge in [0.15, 0.2) is 0 Å². The molecular weight excluding hydrogens is 368 g/mol. The number of anilines is 1. The fraction of sp³-hybridized carbons (Fsp3) is 0.269. The molecule has 0 spiro atoms. The van der Waals surface area contributed by atoms with Crippen LogP contribution in [-0.2, 0) is 12.8 Å². The smallest absolute Gasteiger partial charge is 0.0797 e. The predicted molar refractivity (Wildman–Crippen MR) is 129 cm³/mol. The van der Waals surface area contributed by atoms with E-state index in [0.717, 1.165) is 37.1 Å². The van der Waals surface area contributed by atoms with Crippen molar-refractivity contribution in [2.45, 2.75) is 32.2 Å². The van der Waals surface area contributed by atoms with E-state index in [1.54, 1.807) is 0 Å². The summed E-state index contributed by atoms with van der Waals surface area (Å²) < 4.78 is 0. The van der Waals surface area contributed by atoms with Crippen LogP contribution < -0.4 is 16.8 Å². The van der Waals surface area contributed by atoms with Gasteiger partial charge in [0.05, 0.1) is 6.34 Å². The van der Waals surface area contributed by atoms with Crippen LogP contribution in [0.25, 0.3) is 11.1 Å². The van der Waals surface area contributed by atoms with Crippen molar-refractivity contribution < 1.29 is 0 Å². The number of hydrogen-bond acceptors (Lipinski definition) is 3. The number of rotatable bonds is 9. The zero-order chi connectivity index (χ0) is 21.3. The number of hydrogen-bond donors (Lipinski definition) is 3. The van der Waals surface area contributed by atoms with Crippen molar-refractivity contribution >= 4 is 12.0 Å². The maximum atomic E-state index is 5.96. The van der Waals surface area contributed by atoms with E-state index < -0.39 is 0 Å². The highest BCUT2D eigenvalue weighted by Gasteiger charge is 2.15. The first kappa shape index (κ1) is 21.6. The lowest BCUT2D eigenvalue weighted by Gasteiger charge is -2.21. The summed E-state index contributed by atoms with van der Waals surface area (Å²) >= 11 is 0. The molecule has 3 aromatic rings. The summed E-state index contributed by atoms with van der Waals surface area (Å²) in [6, 6.07) is 23.7. The fourth-order valence-electron chi connectivity index (χ4n) is 3.95. The molecule has 1 unspecified atom stereocenters. The highest BCUT2D eigenvalue weighted by Crippen LogP contribution is 2.28. The van der Waals surface area contributed by atoms with Gasteiger partial charge in [-0.2, -0.15) is 0 Å². The molecule has 0 fully saturated rings. The molecule has 0 saturated heterocycles. The lowest BCUT2D eigenvalue weighted by Crippen LogP contribution is -2.21. The van der Waals surface area contributed by atoms with Gasteiger partial charge in [0.25, 0.3) is 0 Å². The van der Waals surface area contributed by atoms with Crippen LogP contribution in [0.1, 0.15) is 34.7 Å². The van der Waals surface area contributed by atoms with Crippen molar-refractivity contribution in [3.8, 4) is 11.1 Å². The van der Waals surface area contributed by atoms with Crippen LogP contribution in [0, 0.1) is 6.92 Å². The summed E-state index contributed by atoms with van der Waals surface area (Å²) in [5, 5.41) is 3.52.